The molecular formula is C16H32O2Si. The fourth-order valence-corrected chi connectivity index (χ4v) is 7.48. The number of hydrogen-bond donors (Lipinski definition) is 0. The summed E-state index contributed by atoms with van der Waals surface area (Å²) in [5.41, 5.74) is 0.522. The summed E-state index contributed by atoms with van der Waals surface area (Å²) in [5.74, 6) is 0.841. The first-order valence-corrected chi connectivity index (χ1v) is 9.62. The van der Waals surface area contributed by atoms with E-state index in [1.54, 1.807) is 0 Å². The smallest absolute Gasteiger partial charge is 0.327 e. The molecule has 1 atom stereocenters. The van der Waals surface area contributed by atoms with Crippen molar-refractivity contribution in [2.45, 2.75) is 76.7 Å². The maximum atomic E-state index is 5.88. The highest BCUT2D eigenvalue weighted by Crippen LogP contribution is 2.58. The number of rotatable bonds is 4. The Hall–Kier alpha value is 0.137. The highest BCUT2D eigenvalue weighted by atomic mass is 28.3. The first-order chi connectivity index (χ1) is 9.04. The Morgan fingerprint density at radius 1 is 0.895 bits per heavy atom. The van der Waals surface area contributed by atoms with E-state index in [0.29, 0.717) is 10.5 Å². The molecule has 2 aliphatic rings. The molecule has 0 radical (unpaired) electrons. The molecule has 0 amide bonds. The Morgan fingerprint density at radius 3 is 2.05 bits per heavy atom. The van der Waals surface area contributed by atoms with Crippen molar-refractivity contribution in [3.63, 3.8) is 0 Å². The fourth-order valence-electron chi connectivity index (χ4n) is 4.80. The summed E-state index contributed by atoms with van der Waals surface area (Å²) >= 11 is 0. The van der Waals surface area contributed by atoms with Crippen LogP contribution in [0.15, 0.2) is 0 Å². The summed E-state index contributed by atoms with van der Waals surface area (Å²) in [5, 5.41) is 0.416. The summed E-state index contributed by atoms with van der Waals surface area (Å²) in [6.07, 6.45) is 12.5. The molecular weight excluding hydrogens is 252 g/mol. The quantitative estimate of drug-likeness (QED) is 0.711. The Bertz CT molecular complexity index is 280. The Kier molecular flexibility index (Phi) is 5.13. The van der Waals surface area contributed by atoms with Crippen molar-refractivity contribution in [3.05, 3.63) is 0 Å². The van der Waals surface area contributed by atoms with Gasteiger partial charge in [-0.15, -0.1) is 0 Å². The second kappa shape index (κ2) is 6.27. The minimum absolute atomic E-state index is 0.416. The van der Waals surface area contributed by atoms with Gasteiger partial charge in [0.1, 0.15) is 0 Å². The van der Waals surface area contributed by atoms with E-state index in [9.17, 15) is 0 Å². The van der Waals surface area contributed by atoms with Crippen molar-refractivity contribution < 1.29 is 8.85 Å². The van der Waals surface area contributed by atoms with Gasteiger partial charge < -0.3 is 8.85 Å². The molecule has 0 bridgehead atoms. The zero-order valence-electron chi connectivity index (χ0n) is 13.3. The zero-order chi connectivity index (χ0) is 13.9. The summed E-state index contributed by atoms with van der Waals surface area (Å²) in [6, 6.07) is 0. The summed E-state index contributed by atoms with van der Waals surface area (Å²) in [7, 11) is 2.22. The molecule has 3 heteroatoms. The van der Waals surface area contributed by atoms with Crippen LogP contribution in [-0.2, 0) is 8.85 Å². The zero-order valence-corrected chi connectivity index (χ0v) is 14.5. The molecule has 0 aromatic carbocycles. The molecule has 0 heterocycles. The van der Waals surface area contributed by atoms with E-state index >= 15 is 0 Å². The van der Waals surface area contributed by atoms with Gasteiger partial charge in [-0.2, -0.15) is 0 Å². The Balaban J connectivity index is 2.21. The third kappa shape index (κ3) is 3.25. The summed E-state index contributed by atoms with van der Waals surface area (Å²) < 4.78 is 11.8. The van der Waals surface area contributed by atoms with E-state index in [4.69, 9.17) is 8.85 Å². The first kappa shape index (κ1) is 15.5. The summed E-state index contributed by atoms with van der Waals surface area (Å²) in [4.78, 5) is 0. The minimum Gasteiger partial charge on any atom is -0.400 e. The van der Waals surface area contributed by atoms with Gasteiger partial charge in [-0.3, -0.25) is 0 Å². The molecule has 0 spiro atoms. The topological polar surface area (TPSA) is 18.5 Å². The van der Waals surface area contributed by atoms with Crippen molar-refractivity contribution in [3.8, 4) is 0 Å². The second-order valence-corrected chi connectivity index (χ2v) is 10.3. The molecule has 0 aliphatic heterocycles. The third-order valence-electron chi connectivity index (χ3n) is 5.70. The van der Waals surface area contributed by atoms with Crippen LogP contribution in [-0.4, -0.2) is 23.5 Å². The minimum atomic E-state index is -1.54. The third-order valence-corrected chi connectivity index (χ3v) is 8.54. The lowest BCUT2D eigenvalue weighted by atomic mass is 9.65. The molecule has 0 aromatic heterocycles. The van der Waals surface area contributed by atoms with Crippen LogP contribution in [0.1, 0.15) is 71.6 Å². The highest BCUT2D eigenvalue weighted by Gasteiger charge is 2.50. The lowest BCUT2D eigenvalue weighted by Gasteiger charge is -2.50. The Labute approximate surface area is 121 Å². The van der Waals surface area contributed by atoms with Crippen LogP contribution in [0.3, 0.4) is 0 Å². The van der Waals surface area contributed by atoms with Gasteiger partial charge in [-0.25, -0.2) is 0 Å². The van der Waals surface area contributed by atoms with Crippen molar-refractivity contribution in [1.29, 1.82) is 0 Å². The van der Waals surface area contributed by atoms with Gasteiger partial charge in [0.25, 0.3) is 0 Å². The molecule has 2 fully saturated rings. The molecule has 0 aromatic rings. The van der Waals surface area contributed by atoms with E-state index in [0.717, 1.165) is 5.92 Å². The van der Waals surface area contributed by atoms with Crippen LogP contribution >= 0.6 is 0 Å². The lowest BCUT2D eigenvalue weighted by Crippen LogP contribution is -2.45. The van der Waals surface area contributed by atoms with E-state index in [-0.39, 0.29) is 0 Å². The van der Waals surface area contributed by atoms with E-state index in [2.05, 4.69) is 13.8 Å². The van der Waals surface area contributed by atoms with E-state index in [1.807, 2.05) is 14.2 Å². The first-order valence-electron chi connectivity index (χ1n) is 8.10. The van der Waals surface area contributed by atoms with Crippen LogP contribution < -0.4 is 0 Å². The van der Waals surface area contributed by atoms with Gasteiger partial charge >= 0.3 is 9.28 Å². The fraction of sp³-hybridized carbons (Fsp3) is 1.00. The normalized spacial score (nSPS) is 30.5. The van der Waals surface area contributed by atoms with Gasteiger partial charge in [0, 0.05) is 19.3 Å². The molecule has 2 rings (SSSR count). The van der Waals surface area contributed by atoms with Crippen molar-refractivity contribution in [1.82, 2.24) is 0 Å². The van der Waals surface area contributed by atoms with Crippen LogP contribution in [0.4, 0.5) is 0 Å². The van der Waals surface area contributed by atoms with Crippen LogP contribution in [0.5, 0.6) is 0 Å². The van der Waals surface area contributed by atoms with Gasteiger partial charge in [0.05, 0.1) is 0 Å². The van der Waals surface area contributed by atoms with Crippen molar-refractivity contribution in [2.75, 3.05) is 14.2 Å². The van der Waals surface area contributed by atoms with Crippen molar-refractivity contribution >= 4 is 9.28 Å². The molecule has 2 nitrogen and oxygen atoms in total. The molecule has 2 aliphatic carbocycles. The molecule has 0 N–H and O–H groups in total. The lowest BCUT2D eigenvalue weighted by molar-refractivity contribution is 0.0911. The number of hydrogen-bond acceptors (Lipinski definition) is 2. The van der Waals surface area contributed by atoms with E-state index in [1.165, 1.54) is 57.8 Å². The SMILES string of the molecule is CO[SiH](OC)C1(C2CCCC(C)(C)C2)CCCCC1. The summed E-state index contributed by atoms with van der Waals surface area (Å²) in [6.45, 7) is 4.90. The highest BCUT2D eigenvalue weighted by molar-refractivity contribution is 6.48. The molecule has 1 unspecified atom stereocenters. The standard InChI is InChI=1S/C16H32O2Si/c1-15(2)10-8-9-14(13-15)16(19(17-3)18-4)11-6-5-7-12-16/h14,19H,5-13H2,1-4H3. The monoisotopic (exact) mass is 284 g/mol. The van der Waals surface area contributed by atoms with Gasteiger partial charge in [-0.05, 0) is 43.4 Å². The van der Waals surface area contributed by atoms with Gasteiger partial charge in [0.2, 0.25) is 0 Å². The maximum absolute atomic E-state index is 5.88. The van der Waals surface area contributed by atoms with Crippen LogP contribution in [0, 0.1) is 11.3 Å². The predicted molar refractivity (Wildman–Crippen MR) is 82.7 cm³/mol. The van der Waals surface area contributed by atoms with E-state index < -0.39 is 9.28 Å². The Morgan fingerprint density at radius 2 is 1.53 bits per heavy atom. The largest absolute Gasteiger partial charge is 0.400 e. The van der Waals surface area contributed by atoms with Gasteiger partial charge in [0.15, 0.2) is 0 Å². The molecule has 19 heavy (non-hydrogen) atoms. The molecule has 2 saturated carbocycles. The molecule has 112 valence electrons. The second-order valence-electron chi connectivity index (χ2n) is 7.55. The average molecular weight is 285 g/mol. The maximum Gasteiger partial charge on any atom is 0.327 e. The predicted octanol–water partition coefficient (Wildman–Crippen LogP) is 4.42. The van der Waals surface area contributed by atoms with Crippen molar-refractivity contribution in [2.24, 2.45) is 11.3 Å². The molecule has 0 saturated heterocycles. The van der Waals surface area contributed by atoms with Crippen LogP contribution in [0.25, 0.3) is 0 Å². The van der Waals surface area contributed by atoms with Crippen LogP contribution in [0.2, 0.25) is 5.04 Å². The average Bonchev–Trinajstić information content (AvgIpc) is 2.40. The van der Waals surface area contributed by atoms with Gasteiger partial charge in [-0.1, -0.05) is 39.5 Å².